The molecular weight excluding hydrogens is 415 g/mol. The molecule has 0 unspecified atom stereocenters. The molecule has 150 valence electrons. The molecule has 0 saturated carbocycles. The quantitative estimate of drug-likeness (QED) is 0.617. The Morgan fingerprint density at radius 2 is 1.86 bits per heavy atom. The van der Waals surface area contributed by atoms with Crippen molar-refractivity contribution in [3.05, 3.63) is 74.6 Å². The number of fused-ring (bicyclic) bond motifs is 1. The van der Waals surface area contributed by atoms with Crippen molar-refractivity contribution in [3.63, 3.8) is 0 Å². The summed E-state index contributed by atoms with van der Waals surface area (Å²) in [5, 5.41) is 3.79. The van der Waals surface area contributed by atoms with Crippen LogP contribution in [0.4, 0.5) is 5.69 Å². The van der Waals surface area contributed by atoms with Gasteiger partial charge in [0, 0.05) is 17.6 Å². The Labute approximate surface area is 177 Å². The minimum absolute atomic E-state index is 0.112. The molecule has 0 aliphatic heterocycles. The predicted molar refractivity (Wildman–Crippen MR) is 114 cm³/mol. The van der Waals surface area contributed by atoms with Crippen LogP contribution in [0.1, 0.15) is 23.9 Å². The Balaban J connectivity index is 1.81. The Morgan fingerprint density at radius 1 is 1.10 bits per heavy atom. The molecule has 0 radical (unpaired) electrons. The maximum absolute atomic E-state index is 12.9. The van der Waals surface area contributed by atoms with Crippen molar-refractivity contribution in [1.29, 1.82) is 0 Å². The Kier molecular flexibility index (Phi) is 6.56. The summed E-state index contributed by atoms with van der Waals surface area (Å²) in [7, 11) is 0. The second kappa shape index (κ2) is 9.11. The average Bonchev–Trinajstić information content (AvgIpc) is 2.69. The molecule has 3 aromatic rings. The number of benzene rings is 2. The Bertz CT molecular complexity index is 1130. The maximum atomic E-state index is 12.9. The van der Waals surface area contributed by atoms with Crippen molar-refractivity contribution in [1.82, 2.24) is 4.90 Å². The maximum Gasteiger partial charge on any atom is 0.290 e. The highest BCUT2D eigenvalue weighted by Gasteiger charge is 2.22. The van der Waals surface area contributed by atoms with Crippen LogP contribution in [-0.4, -0.2) is 29.8 Å². The van der Waals surface area contributed by atoms with E-state index in [1.165, 1.54) is 11.0 Å². The van der Waals surface area contributed by atoms with E-state index in [-0.39, 0.29) is 17.7 Å². The highest BCUT2D eigenvalue weighted by atomic mass is 35.5. The zero-order valence-electron chi connectivity index (χ0n) is 15.6. The normalized spacial score (nSPS) is 10.7. The molecular formula is C21H18Cl2N2O4. The molecule has 2 aromatic carbocycles. The first kappa shape index (κ1) is 20.9. The van der Waals surface area contributed by atoms with E-state index in [0.717, 1.165) is 6.07 Å². The number of hydrogen-bond acceptors (Lipinski definition) is 4. The first-order chi connectivity index (χ1) is 13.9. The number of carbonyl (C=O) groups excluding carboxylic acids is 2. The van der Waals surface area contributed by atoms with Crippen LogP contribution in [0.5, 0.6) is 0 Å². The molecule has 0 atom stereocenters. The lowest BCUT2D eigenvalue weighted by Gasteiger charge is -2.21. The van der Waals surface area contributed by atoms with Gasteiger partial charge in [-0.05, 0) is 36.8 Å². The number of nitrogens with one attached hydrogen (secondary N) is 1. The van der Waals surface area contributed by atoms with Gasteiger partial charge in [0.25, 0.3) is 5.91 Å². The third kappa shape index (κ3) is 4.96. The number of para-hydroxylation sites is 1. The SMILES string of the molecule is CCCN(CC(=O)Nc1ccc(Cl)cc1Cl)C(=O)c1cc(=O)c2ccccc2o1. The van der Waals surface area contributed by atoms with Crippen molar-refractivity contribution in [2.24, 2.45) is 0 Å². The summed E-state index contributed by atoms with van der Waals surface area (Å²) in [5.41, 5.74) is 0.392. The van der Waals surface area contributed by atoms with Gasteiger partial charge < -0.3 is 14.6 Å². The summed E-state index contributed by atoms with van der Waals surface area (Å²) < 4.78 is 5.61. The summed E-state index contributed by atoms with van der Waals surface area (Å²) in [4.78, 5) is 39.0. The fourth-order valence-electron chi connectivity index (χ4n) is 2.84. The molecule has 0 bridgehead atoms. The summed E-state index contributed by atoms with van der Waals surface area (Å²) >= 11 is 11.9. The molecule has 3 rings (SSSR count). The number of halogens is 2. The first-order valence-corrected chi connectivity index (χ1v) is 9.71. The van der Waals surface area contributed by atoms with Gasteiger partial charge in [0.05, 0.1) is 16.1 Å². The molecule has 0 saturated heterocycles. The highest BCUT2D eigenvalue weighted by Crippen LogP contribution is 2.25. The van der Waals surface area contributed by atoms with E-state index in [1.54, 1.807) is 36.4 Å². The summed E-state index contributed by atoms with van der Waals surface area (Å²) in [6, 6.07) is 12.5. The van der Waals surface area contributed by atoms with E-state index < -0.39 is 11.8 Å². The van der Waals surface area contributed by atoms with Gasteiger partial charge in [-0.1, -0.05) is 42.3 Å². The summed E-state index contributed by atoms with van der Waals surface area (Å²) in [5.74, 6) is -1.08. The van der Waals surface area contributed by atoms with E-state index in [2.05, 4.69) is 5.32 Å². The van der Waals surface area contributed by atoms with Crippen LogP contribution in [0.15, 0.2) is 57.7 Å². The first-order valence-electron chi connectivity index (χ1n) is 8.96. The Morgan fingerprint density at radius 3 is 2.59 bits per heavy atom. The predicted octanol–water partition coefficient (Wildman–Crippen LogP) is 4.59. The van der Waals surface area contributed by atoms with Crippen molar-refractivity contribution in [2.45, 2.75) is 13.3 Å². The van der Waals surface area contributed by atoms with Crippen LogP contribution in [0.2, 0.25) is 10.0 Å². The summed E-state index contributed by atoms with van der Waals surface area (Å²) in [6.45, 7) is 1.98. The van der Waals surface area contributed by atoms with Crippen LogP contribution in [0.25, 0.3) is 11.0 Å². The van der Waals surface area contributed by atoms with Gasteiger partial charge in [-0.2, -0.15) is 0 Å². The summed E-state index contributed by atoms with van der Waals surface area (Å²) in [6.07, 6.45) is 0.624. The number of amides is 2. The topological polar surface area (TPSA) is 79.6 Å². The molecule has 1 aromatic heterocycles. The third-order valence-corrected chi connectivity index (χ3v) is 4.71. The van der Waals surface area contributed by atoms with Crippen LogP contribution in [-0.2, 0) is 4.79 Å². The molecule has 0 aliphatic carbocycles. The molecule has 0 aliphatic rings. The van der Waals surface area contributed by atoms with Gasteiger partial charge in [0.1, 0.15) is 12.1 Å². The molecule has 0 spiro atoms. The molecule has 8 heteroatoms. The zero-order chi connectivity index (χ0) is 21.0. The van der Waals surface area contributed by atoms with Crippen LogP contribution >= 0.6 is 23.2 Å². The van der Waals surface area contributed by atoms with Gasteiger partial charge >= 0.3 is 0 Å². The van der Waals surface area contributed by atoms with Gasteiger partial charge in [-0.3, -0.25) is 14.4 Å². The van der Waals surface area contributed by atoms with Crippen molar-refractivity contribution in [2.75, 3.05) is 18.4 Å². The lowest BCUT2D eigenvalue weighted by molar-refractivity contribution is -0.116. The highest BCUT2D eigenvalue weighted by molar-refractivity contribution is 6.36. The van der Waals surface area contributed by atoms with Gasteiger partial charge in [-0.15, -0.1) is 0 Å². The molecule has 6 nitrogen and oxygen atoms in total. The minimum Gasteiger partial charge on any atom is -0.451 e. The van der Waals surface area contributed by atoms with Gasteiger partial charge in [0.2, 0.25) is 5.91 Å². The molecule has 2 amide bonds. The largest absolute Gasteiger partial charge is 0.451 e. The van der Waals surface area contributed by atoms with Crippen molar-refractivity contribution in [3.8, 4) is 0 Å². The second-order valence-corrected chi connectivity index (χ2v) is 7.21. The van der Waals surface area contributed by atoms with Crippen molar-refractivity contribution < 1.29 is 14.0 Å². The number of hydrogen-bond donors (Lipinski definition) is 1. The second-order valence-electron chi connectivity index (χ2n) is 6.37. The lowest BCUT2D eigenvalue weighted by Crippen LogP contribution is -2.38. The number of rotatable bonds is 6. The standard InChI is InChI=1S/C21H18Cl2N2O4/c1-2-9-25(12-20(27)24-16-8-7-13(22)10-15(16)23)21(28)19-11-17(26)14-5-3-4-6-18(14)29-19/h3-8,10-11H,2,9,12H2,1H3,(H,24,27). The molecule has 1 heterocycles. The fraction of sp³-hybridized carbons (Fsp3) is 0.190. The van der Waals surface area contributed by atoms with E-state index in [4.69, 9.17) is 27.6 Å². The fourth-order valence-corrected chi connectivity index (χ4v) is 3.30. The van der Waals surface area contributed by atoms with Crippen molar-refractivity contribution >= 4 is 51.7 Å². The Hall–Kier alpha value is -2.83. The molecule has 1 N–H and O–H groups in total. The number of nitrogens with zero attached hydrogens (tertiary/aromatic N) is 1. The zero-order valence-corrected chi connectivity index (χ0v) is 17.1. The van der Waals surface area contributed by atoms with Crippen LogP contribution in [0.3, 0.4) is 0 Å². The number of anilines is 1. The monoisotopic (exact) mass is 432 g/mol. The number of carbonyl (C=O) groups is 2. The van der Waals surface area contributed by atoms with Crippen LogP contribution in [0, 0.1) is 0 Å². The third-order valence-electron chi connectivity index (χ3n) is 4.17. The molecule has 0 fully saturated rings. The van der Waals surface area contributed by atoms with Gasteiger partial charge in [-0.25, -0.2) is 0 Å². The van der Waals surface area contributed by atoms with Gasteiger partial charge in [0.15, 0.2) is 11.2 Å². The van der Waals surface area contributed by atoms with Crippen LogP contribution < -0.4 is 10.7 Å². The van der Waals surface area contributed by atoms with E-state index in [0.29, 0.717) is 39.7 Å². The smallest absolute Gasteiger partial charge is 0.290 e. The molecule has 29 heavy (non-hydrogen) atoms. The van der Waals surface area contributed by atoms with E-state index >= 15 is 0 Å². The average molecular weight is 433 g/mol. The van der Waals surface area contributed by atoms with E-state index in [1.807, 2.05) is 6.92 Å². The van der Waals surface area contributed by atoms with E-state index in [9.17, 15) is 14.4 Å². The minimum atomic E-state index is -0.535. The lowest BCUT2D eigenvalue weighted by atomic mass is 10.2.